The zero-order valence-electron chi connectivity index (χ0n) is 14.5. The van der Waals surface area contributed by atoms with Gasteiger partial charge in [-0.05, 0) is 25.5 Å². The highest BCUT2D eigenvalue weighted by atomic mass is 16.5. The Hall–Kier alpha value is -2.50. The lowest BCUT2D eigenvalue weighted by atomic mass is 10.3. The van der Waals surface area contributed by atoms with Gasteiger partial charge < -0.3 is 19.5 Å². The molecule has 0 aliphatic rings. The van der Waals surface area contributed by atoms with Crippen molar-refractivity contribution < 1.29 is 14.2 Å². The smallest absolute Gasteiger partial charge is 0.180 e. The summed E-state index contributed by atoms with van der Waals surface area (Å²) < 4.78 is 16.6. The van der Waals surface area contributed by atoms with Gasteiger partial charge in [0, 0.05) is 12.6 Å². The van der Waals surface area contributed by atoms with Gasteiger partial charge in [0.05, 0.1) is 13.3 Å². The second-order valence-electron chi connectivity index (χ2n) is 5.29. The van der Waals surface area contributed by atoms with Crippen molar-refractivity contribution in [3.8, 4) is 17.2 Å². The number of rotatable bonds is 10. The normalized spacial score (nSPS) is 10.3. The first-order chi connectivity index (χ1) is 11.7. The van der Waals surface area contributed by atoms with Crippen LogP contribution in [0, 0.1) is 6.92 Å². The van der Waals surface area contributed by atoms with Crippen molar-refractivity contribution in [3.63, 3.8) is 0 Å². The minimum atomic E-state index is 0.409. The largest absolute Gasteiger partial charge is 0.497 e. The molecule has 0 atom stereocenters. The molecule has 0 bridgehead atoms. The molecule has 6 heteroatoms. The maximum absolute atomic E-state index is 5.76. The molecule has 1 aromatic carbocycles. The third kappa shape index (κ3) is 5.61. The van der Waals surface area contributed by atoms with Crippen molar-refractivity contribution in [2.24, 2.45) is 0 Å². The summed E-state index contributed by atoms with van der Waals surface area (Å²) in [5, 5.41) is 3.30. The molecule has 1 aromatic heterocycles. The lowest BCUT2D eigenvalue weighted by molar-refractivity contribution is 0.216. The van der Waals surface area contributed by atoms with Gasteiger partial charge in [0.15, 0.2) is 11.6 Å². The fraction of sp³-hybridized carbons (Fsp3) is 0.444. The zero-order valence-corrected chi connectivity index (χ0v) is 14.5. The molecule has 0 fully saturated rings. The van der Waals surface area contributed by atoms with E-state index in [0.29, 0.717) is 24.8 Å². The molecule has 2 aromatic rings. The number of hydrogen-bond donors (Lipinski definition) is 1. The highest BCUT2D eigenvalue weighted by molar-refractivity contribution is 5.48. The summed E-state index contributed by atoms with van der Waals surface area (Å²) in [7, 11) is 1.63. The monoisotopic (exact) mass is 331 g/mol. The molecule has 0 radical (unpaired) electrons. The lowest BCUT2D eigenvalue weighted by Gasteiger charge is -2.13. The van der Waals surface area contributed by atoms with Gasteiger partial charge in [-0.15, -0.1) is 0 Å². The molecule has 0 aliphatic heterocycles. The van der Waals surface area contributed by atoms with E-state index in [1.54, 1.807) is 13.3 Å². The SMILES string of the molecule is CCCCNc1nc(C)ncc1OCCOc1cccc(OC)c1. The number of ether oxygens (including phenoxy) is 3. The molecule has 0 spiro atoms. The van der Waals surface area contributed by atoms with Crippen LogP contribution in [0.5, 0.6) is 17.2 Å². The summed E-state index contributed by atoms with van der Waals surface area (Å²) in [6.07, 6.45) is 3.91. The van der Waals surface area contributed by atoms with Crippen LogP contribution in [0.2, 0.25) is 0 Å². The Morgan fingerprint density at radius 3 is 2.71 bits per heavy atom. The molecule has 1 N–H and O–H groups in total. The van der Waals surface area contributed by atoms with Gasteiger partial charge in [-0.1, -0.05) is 19.4 Å². The summed E-state index contributed by atoms with van der Waals surface area (Å²) in [5.41, 5.74) is 0. The highest BCUT2D eigenvalue weighted by Gasteiger charge is 2.07. The minimum Gasteiger partial charge on any atom is -0.497 e. The van der Waals surface area contributed by atoms with Crippen LogP contribution in [-0.4, -0.2) is 36.8 Å². The summed E-state index contributed by atoms with van der Waals surface area (Å²) in [4.78, 5) is 8.59. The van der Waals surface area contributed by atoms with Crippen LogP contribution in [0.1, 0.15) is 25.6 Å². The summed E-state index contributed by atoms with van der Waals surface area (Å²) >= 11 is 0. The molecule has 130 valence electrons. The van der Waals surface area contributed by atoms with E-state index in [1.807, 2.05) is 31.2 Å². The molecule has 24 heavy (non-hydrogen) atoms. The summed E-state index contributed by atoms with van der Waals surface area (Å²) in [6.45, 7) is 5.71. The fourth-order valence-electron chi connectivity index (χ4n) is 2.08. The maximum atomic E-state index is 5.76. The van der Waals surface area contributed by atoms with E-state index in [4.69, 9.17) is 14.2 Å². The first-order valence-corrected chi connectivity index (χ1v) is 8.20. The zero-order chi connectivity index (χ0) is 17.2. The van der Waals surface area contributed by atoms with E-state index in [1.165, 1.54) is 0 Å². The molecule has 2 rings (SSSR count). The molecule has 0 amide bonds. The van der Waals surface area contributed by atoms with E-state index in [2.05, 4.69) is 22.2 Å². The van der Waals surface area contributed by atoms with E-state index in [9.17, 15) is 0 Å². The Labute approximate surface area is 143 Å². The number of nitrogens with one attached hydrogen (secondary N) is 1. The van der Waals surface area contributed by atoms with Crippen LogP contribution in [-0.2, 0) is 0 Å². The van der Waals surface area contributed by atoms with Gasteiger partial charge in [0.25, 0.3) is 0 Å². The molecule has 1 heterocycles. The number of nitrogens with zero attached hydrogens (tertiary/aromatic N) is 2. The Bertz CT molecular complexity index is 635. The number of methoxy groups -OCH3 is 1. The molecule has 0 saturated heterocycles. The minimum absolute atomic E-state index is 0.409. The van der Waals surface area contributed by atoms with Gasteiger partial charge in [0.1, 0.15) is 30.5 Å². The van der Waals surface area contributed by atoms with Gasteiger partial charge in [-0.25, -0.2) is 9.97 Å². The lowest BCUT2D eigenvalue weighted by Crippen LogP contribution is -2.12. The van der Waals surface area contributed by atoms with E-state index in [-0.39, 0.29) is 0 Å². The molecule has 0 unspecified atom stereocenters. The van der Waals surface area contributed by atoms with Crippen molar-refractivity contribution >= 4 is 5.82 Å². The topological polar surface area (TPSA) is 65.5 Å². The summed E-state index contributed by atoms with van der Waals surface area (Å²) in [6, 6.07) is 7.49. The number of anilines is 1. The highest BCUT2D eigenvalue weighted by Crippen LogP contribution is 2.21. The molecule has 0 aliphatic carbocycles. The predicted molar refractivity (Wildman–Crippen MR) is 94.2 cm³/mol. The number of aryl methyl sites for hydroxylation is 1. The first-order valence-electron chi connectivity index (χ1n) is 8.20. The van der Waals surface area contributed by atoms with Gasteiger partial charge in [0.2, 0.25) is 0 Å². The third-order valence-corrected chi connectivity index (χ3v) is 3.35. The van der Waals surface area contributed by atoms with Crippen molar-refractivity contribution in [1.82, 2.24) is 9.97 Å². The van der Waals surface area contributed by atoms with Gasteiger partial charge in [-0.2, -0.15) is 0 Å². The quantitative estimate of drug-likeness (QED) is 0.673. The van der Waals surface area contributed by atoms with Crippen LogP contribution in [0.4, 0.5) is 5.82 Å². The number of aromatic nitrogens is 2. The predicted octanol–water partition coefficient (Wildman–Crippen LogP) is 3.46. The number of hydrogen-bond acceptors (Lipinski definition) is 6. The Morgan fingerprint density at radius 1 is 1.12 bits per heavy atom. The van der Waals surface area contributed by atoms with E-state index >= 15 is 0 Å². The number of benzene rings is 1. The van der Waals surface area contributed by atoms with Crippen LogP contribution < -0.4 is 19.5 Å². The first kappa shape index (κ1) is 17.8. The third-order valence-electron chi connectivity index (χ3n) is 3.35. The standard InChI is InChI=1S/C18H25N3O3/c1-4-5-9-19-18-17(13-20-14(2)21-18)24-11-10-23-16-8-6-7-15(12-16)22-3/h6-8,12-13H,4-5,9-11H2,1-3H3,(H,19,20,21). The average molecular weight is 331 g/mol. The van der Waals surface area contributed by atoms with Crippen molar-refractivity contribution in [2.75, 3.05) is 32.2 Å². The van der Waals surface area contributed by atoms with Gasteiger partial charge >= 0.3 is 0 Å². The van der Waals surface area contributed by atoms with Gasteiger partial charge in [-0.3, -0.25) is 0 Å². The Kier molecular flexibility index (Phi) is 7.14. The Balaban J connectivity index is 1.84. The van der Waals surface area contributed by atoms with Crippen LogP contribution in [0.15, 0.2) is 30.5 Å². The Morgan fingerprint density at radius 2 is 1.92 bits per heavy atom. The maximum Gasteiger partial charge on any atom is 0.180 e. The molecular weight excluding hydrogens is 306 g/mol. The van der Waals surface area contributed by atoms with Crippen molar-refractivity contribution in [1.29, 1.82) is 0 Å². The molecule has 6 nitrogen and oxygen atoms in total. The second kappa shape index (κ2) is 9.60. The second-order valence-corrected chi connectivity index (χ2v) is 5.29. The average Bonchev–Trinajstić information content (AvgIpc) is 2.60. The molecular formula is C18H25N3O3. The number of unbranched alkanes of at least 4 members (excludes halogenated alkanes) is 1. The van der Waals surface area contributed by atoms with Crippen LogP contribution in [0.25, 0.3) is 0 Å². The fourth-order valence-corrected chi connectivity index (χ4v) is 2.08. The summed E-state index contributed by atoms with van der Waals surface area (Å²) in [5.74, 6) is 3.61. The van der Waals surface area contributed by atoms with Crippen LogP contribution >= 0.6 is 0 Å². The molecule has 0 saturated carbocycles. The van der Waals surface area contributed by atoms with E-state index < -0.39 is 0 Å². The van der Waals surface area contributed by atoms with E-state index in [0.717, 1.165) is 36.7 Å². The van der Waals surface area contributed by atoms with Crippen molar-refractivity contribution in [2.45, 2.75) is 26.7 Å². The van der Waals surface area contributed by atoms with Crippen molar-refractivity contribution in [3.05, 3.63) is 36.3 Å². The van der Waals surface area contributed by atoms with Crippen LogP contribution in [0.3, 0.4) is 0 Å².